The Morgan fingerprint density at radius 2 is 0.342 bits per heavy atom. The first-order chi connectivity index (χ1) is 39.0. The maximum Gasteiger partial charge on any atom is 0.306 e. The standard InChI is InChI=1S/C73H142O6/c1-4-7-10-13-16-18-20-22-24-26-28-30-32-33-34-35-36-37-38-39-41-42-44-46-48-50-52-54-57-60-63-66-72(75)78-69-70(68-77-71(74)65-62-59-56-15-12-9-6-3)79-73(76)67-64-61-58-55-53-51-49-47-45-43-40-31-29-27-25-23-21-19-17-14-11-8-5-2/h70H,4-69H2,1-3H3. The van der Waals surface area contributed by atoms with Crippen molar-refractivity contribution >= 4 is 17.9 Å². The fourth-order valence-electron chi connectivity index (χ4n) is 11.6. The van der Waals surface area contributed by atoms with Crippen LogP contribution in [0, 0.1) is 0 Å². The van der Waals surface area contributed by atoms with Gasteiger partial charge in [-0.05, 0) is 19.3 Å². The quantitative estimate of drug-likeness (QED) is 0.0343. The minimum Gasteiger partial charge on any atom is -0.462 e. The Kier molecular flexibility index (Phi) is 67.5. The molecule has 0 amide bonds. The van der Waals surface area contributed by atoms with Crippen LogP contribution in [0.4, 0.5) is 0 Å². The van der Waals surface area contributed by atoms with Gasteiger partial charge < -0.3 is 14.2 Å². The van der Waals surface area contributed by atoms with Crippen LogP contribution in [0.2, 0.25) is 0 Å². The summed E-state index contributed by atoms with van der Waals surface area (Å²) >= 11 is 0. The number of esters is 3. The minimum absolute atomic E-state index is 0.0612. The van der Waals surface area contributed by atoms with Gasteiger partial charge in [-0.1, -0.05) is 393 Å². The van der Waals surface area contributed by atoms with E-state index in [4.69, 9.17) is 14.2 Å². The summed E-state index contributed by atoms with van der Waals surface area (Å²) in [5, 5.41) is 0. The largest absolute Gasteiger partial charge is 0.462 e. The van der Waals surface area contributed by atoms with E-state index < -0.39 is 6.10 Å². The van der Waals surface area contributed by atoms with E-state index in [1.54, 1.807) is 0 Å². The molecule has 0 N–H and O–H groups in total. The minimum atomic E-state index is -0.762. The molecule has 0 aliphatic carbocycles. The van der Waals surface area contributed by atoms with Gasteiger partial charge in [-0.3, -0.25) is 14.4 Å². The van der Waals surface area contributed by atoms with Crippen LogP contribution >= 0.6 is 0 Å². The fraction of sp³-hybridized carbons (Fsp3) is 0.959. The number of unbranched alkanes of at least 4 members (excludes halogenated alkanes) is 58. The van der Waals surface area contributed by atoms with Crippen LogP contribution in [0.25, 0.3) is 0 Å². The fourth-order valence-corrected chi connectivity index (χ4v) is 11.6. The van der Waals surface area contributed by atoms with E-state index in [1.165, 1.54) is 334 Å². The summed E-state index contributed by atoms with van der Waals surface area (Å²) in [6, 6.07) is 0. The third kappa shape index (κ3) is 67.1. The molecule has 6 nitrogen and oxygen atoms in total. The molecule has 0 bridgehead atoms. The number of carbonyl (C=O) groups is 3. The van der Waals surface area contributed by atoms with E-state index in [-0.39, 0.29) is 31.1 Å². The van der Waals surface area contributed by atoms with E-state index in [1.807, 2.05) is 0 Å². The first-order valence-corrected chi connectivity index (χ1v) is 36.5. The van der Waals surface area contributed by atoms with Gasteiger partial charge in [-0.15, -0.1) is 0 Å². The van der Waals surface area contributed by atoms with Gasteiger partial charge in [-0.2, -0.15) is 0 Å². The molecule has 0 saturated carbocycles. The summed E-state index contributed by atoms with van der Waals surface area (Å²) in [7, 11) is 0. The summed E-state index contributed by atoms with van der Waals surface area (Å²) in [5.41, 5.74) is 0. The molecule has 470 valence electrons. The smallest absolute Gasteiger partial charge is 0.306 e. The van der Waals surface area contributed by atoms with Crippen molar-refractivity contribution in [3.8, 4) is 0 Å². The molecule has 79 heavy (non-hydrogen) atoms. The van der Waals surface area contributed by atoms with Crippen LogP contribution in [0.15, 0.2) is 0 Å². The lowest BCUT2D eigenvalue weighted by Crippen LogP contribution is -2.30. The van der Waals surface area contributed by atoms with Crippen molar-refractivity contribution in [3.05, 3.63) is 0 Å². The number of rotatable bonds is 69. The molecule has 6 heteroatoms. The van der Waals surface area contributed by atoms with E-state index in [9.17, 15) is 14.4 Å². The van der Waals surface area contributed by atoms with Gasteiger partial charge in [0.1, 0.15) is 13.2 Å². The summed E-state index contributed by atoms with van der Waals surface area (Å²) in [6.45, 7) is 6.70. The van der Waals surface area contributed by atoms with Crippen LogP contribution in [-0.2, 0) is 28.6 Å². The Morgan fingerprint density at radius 3 is 0.506 bits per heavy atom. The summed E-state index contributed by atoms with van der Waals surface area (Å²) in [6.07, 6.45) is 81.9. The van der Waals surface area contributed by atoms with Gasteiger partial charge in [-0.25, -0.2) is 0 Å². The summed E-state index contributed by atoms with van der Waals surface area (Å²) < 4.78 is 16.9. The van der Waals surface area contributed by atoms with Crippen molar-refractivity contribution in [2.75, 3.05) is 13.2 Å². The number of hydrogen-bond donors (Lipinski definition) is 0. The van der Waals surface area contributed by atoms with Gasteiger partial charge in [0, 0.05) is 19.3 Å². The summed E-state index contributed by atoms with van der Waals surface area (Å²) in [5.74, 6) is -0.832. The highest BCUT2D eigenvalue weighted by molar-refractivity contribution is 5.71. The lowest BCUT2D eigenvalue weighted by atomic mass is 10.0. The van der Waals surface area contributed by atoms with Crippen LogP contribution in [-0.4, -0.2) is 37.2 Å². The first kappa shape index (κ1) is 77.4. The van der Waals surface area contributed by atoms with Crippen molar-refractivity contribution in [3.63, 3.8) is 0 Å². The highest BCUT2D eigenvalue weighted by Gasteiger charge is 2.20. The maximum atomic E-state index is 12.9. The van der Waals surface area contributed by atoms with Crippen molar-refractivity contribution in [2.24, 2.45) is 0 Å². The monoisotopic (exact) mass is 1120 g/mol. The van der Waals surface area contributed by atoms with Gasteiger partial charge in [0.2, 0.25) is 0 Å². The third-order valence-corrected chi connectivity index (χ3v) is 17.1. The second kappa shape index (κ2) is 68.9. The van der Waals surface area contributed by atoms with Crippen molar-refractivity contribution in [1.82, 2.24) is 0 Å². The topological polar surface area (TPSA) is 78.9 Å². The van der Waals surface area contributed by atoms with Crippen molar-refractivity contribution < 1.29 is 28.6 Å². The van der Waals surface area contributed by atoms with Gasteiger partial charge in [0.25, 0.3) is 0 Å². The van der Waals surface area contributed by atoms with Crippen LogP contribution < -0.4 is 0 Å². The Bertz CT molecular complexity index is 1190. The molecule has 0 rings (SSSR count). The highest BCUT2D eigenvalue weighted by atomic mass is 16.6. The number of hydrogen-bond acceptors (Lipinski definition) is 6. The molecule has 1 unspecified atom stereocenters. The van der Waals surface area contributed by atoms with E-state index >= 15 is 0 Å². The maximum absolute atomic E-state index is 12.9. The van der Waals surface area contributed by atoms with Crippen molar-refractivity contribution in [1.29, 1.82) is 0 Å². The molecule has 0 aliphatic heterocycles. The Morgan fingerprint density at radius 1 is 0.203 bits per heavy atom. The van der Waals surface area contributed by atoms with Crippen LogP contribution in [0.5, 0.6) is 0 Å². The highest BCUT2D eigenvalue weighted by Crippen LogP contribution is 2.20. The van der Waals surface area contributed by atoms with Gasteiger partial charge in [0.15, 0.2) is 6.10 Å². The van der Waals surface area contributed by atoms with Crippen molar-refractivity contribution in [2.45, 2.75) is 438 Å². The number of ether oxygens (including phenoxy) is 3. The zero-order valence-corrected chi connectivity index (χ0v) is 54.2. The first-order valence-electron chi connectivity index (χ1n) is 36.5. The van der Waals surface area contributed by atoms with Crippen LogP contribution in [0.3, 0.4) is 0 Å². The van der Waals surface area contributed by atoms with Gasteiger partial charge in [0.05, 0.1) is 0 Å². The molecule has 0 aromatic rings. The average Bonchev–Trinajstić information content (AvgIpc) is 3.45. The second-order valence-corrected chi connectivity index (χ2v) is 25.2. The Balaban J connectivity index is 3.95. The molecule has 0 spiro atoms. The van der Waals surface area contributed by atoms with Gasteiger partial charge >= 0.3 is 17.9 Å². The SMILES string of the molecule is CCCCCCCCCCCCCCCCCCCCCCCCCCCCCCCCCC(=O)OCC(COC(=O)CCCCCCCCC)OC(=O)CCCCCCCCCCCCCCCCCCCCCCCCC. The Labute approximate surface area is 495 Å². The predicted molar refractivity (Wildman–Crippen MR) is 344 cm³/mol. The van der Waals surface area contributed by atoms with Crippen LogP contribution in [0.1, 0.15) is 432 Å². The zero-order valence-electron chi connectivity index (χ0n) is 54.2. The molecular weight excluding hydrogens is 973 g/mol. The molecular formula is C73H142O6. The normalized spacial score (nSPS) is 11.9. The molecule has 0 saturated heterocycles. The summed E-state index contributed by atoms with van der Waals surface area (Å²) in [4.78, 5) is 38.2. The predicted octanol–water partition coefficient (Wildman–Crippen LogP) is 25.0. The molecule has 0 aliphatic rings. The average molecular weight is 1120 g/mol. The third-order valence-electron chi connectivity index (χ3n) is 17.1. The second-order valence-electron chi connectivity index (χ2n) is 25.2. The molecule has 0 radical (unpaired) electrons. The van der Waals surface area contributed by atoms with E-state index in [0.717, 1.165) is 57.8 Å². The lowest BCUT2D eigenvalue weighted by Gasteiger charge is -2.18. The molecule has 0 fully saturated rings. The molecule has 0 aromatic heterocycles. The Hall–Kier alpha value is -1.59. The van der Waals surface area contributed by atoms with E-state index in [2.05, 4.69) is 20.8 Å². The zero-order chi connectivity index (χ0) is 57.1. The molecule has 0 heterocycles. The lowest BCUT2D eigenvalue weighted by molar-refractivity contribution is -0.167. The molecule has 0 aromatic carbocycles. The molecule has 1 atom stereocenters. The van der Waals surface area contributed by atoms with E-state index in [0.29, 0.717) is 19.3 Å². The number of carbonyl (C=O) groups excluding carboxylic acids is 3.